The van der Waals surface area contributed by atoms with Crippen molar-refractivity contribution < 1.29 is 4.74 Å². The van der Waals surface area contributed by atoms with Gasteiger partial charge in [-0.3, -0.25) is 4.99 Å². The number of hydrogen-bond acceptors (Lipinski definition) is 3. The minimum absolute atomic E-state index is 0.724. The van der Waals surface area contributed by atoms with Crippen LogP contribution in [0.2, 0.25) is 0 Å². The molecule has 0 fully saturated rings. The van der Waals surface area contributed by atoms with Crippen molar-refractivity contribution in [3.8, 4) is 0 Å². The van der Waals surface area contributed by atoms with E-state index in [1.165, 1.54) is 0 Å². The van der Waals surface area contributed by atoms with Gasteiger partial charge in [0.1, 0.15) is 0 Å². The van der Waals surface area contributed by atoms with Gasteiger partial charge in [-0.15, -0.1) is 0 Å². The van der Waals surface area contributed by atoms with Crippen LogP contribution in [-0.4, -0.2) is 25.3 Å². The summed E-state index contributed by atoms with van der Waals surface area (Å²) in [7, 11) is 1.64. The molecule has 0 saturated carbocycles. The molecule has 1 heterocycles. The summed E-state index contributed by atoms with van der Waals surface area (Å²) in [6, 6.07) is 0. The summed E-state index contributed by atoms with van der Waals surface area (Å²) in [5, 5.41) is 3.71. The molecule has 0 spiro atoms. The van der Waals surface area contributed by atoms with Gasteiger partial charge in [0.25, 0.3) is 0 Å². The van der Waals surface area contributed by atoms with Crippen molar-refractivity contribution in [1.82, 2.24) is 5.32 Å². The minimum Gasteiger partial charge on any atom is -0.482 e. The molecular weight excluding hydrogens is 196 g/mol. The molecule has 3 nitrogen and oxygen atoms in total. The first-order valence-electron chi connectivity index (χ1n) is 2.95. The SMILES string of the molecule is COC1=C(CBr)CN=CN1. The molecule has 0 aromatic carbocycles. The maximum absolute atomic E-state index is 5.04. The van der Waals surface area contributed by atoms with Gasteiger partial charge in [0.15, 0.2) is 5.88 Å². The van der Waals surface area contributed by atoms with Gasteiger partial charge in [-0.05, 0) is 0 Å². The van der Waals surface area contributed by atoms with Gasteiger partial charge in [-0.1, -0.05) is 15.9 Å². The Bertz CT molecular complexity index is 159. The first-order valence-corrected chi connectivity index (χ1v) is 4.07. The quantitative estimate of drug-likeness (QED) is 0.678. The van der Waals surface area contributed by atoms with Crippen molar-refractivity contribution in [2.24, 2.45) is 4.99 Å². The summed E-state index contributed by atoms with van der Waals surface area (Å²) in [5.74, 6) is 0.812. The van der Waals surface area contributed by atoms with E-state index in [9.17, 15) is 0 Å². The normalized spacial score (nSPS) is 17.0. The average Bonchev–Trinajstić information content (AvgIpc) is 2.04. The van der Waals surface area contributed by atoms with Crippen LogP contribution in [0.25, 0.3) is 0 Å². The highest BCUT2D eigenvalue weighted by Crippen LogP contribution is 2.08. The van der Waals surface area contributed by atoms with Crippen LogP contribution in [0.15, 0.2) is 16.4 Å². The number of alkyl halides is 1. The Hall–Kier alpha value is -0.510. The molecule has 0 amide bonds. The number of nitrogens with zero attached hydrogens (tertiary/aromatic N) is 1. The zero-order valence-electron chi connectivity index (χ0n) is 5.72. The summed E-state index contributed by atoms with van der Waals surface area (Å²) in [6.45, 7) is 0.724. The lowest BCUT2D eigenvalue weighted by Gasteiger charge is -2.13. The van der Waals surface area contributed by atoms with Crippen LogP contribution >= 0.6 is 15.9 Å². The number of hydrogen-bond donors (Lipinski definition) is 1. The second-order valence-corrected chi connectivity index (χ2v) is 2.45. The lowest BCUT2D eigenvalue weighted by Crippen LogP contribution is -2.20. The van der Waals surface area contributed by atoms with E-state index in [-0.39, 0.29) is 0 Å². The van der Waals surface area contributed by atoms with Crippen molar-refractivity contribution in [1.29, 1.82) is 0 Å². The number of halogens is 1. The molecule has 0 atom stereocenters. The molecule has 0 aliphatic carbocycles. The predicted molar refractivity (Wildman–Crippen MR) is 44.3 cm³/mol. The summed E-state index contributed by atoms with van der Waals surface area (Å²) < 4.78 is 5.04. The van der Waals surface area contributed by atoms with E-state index in [4.69, 9.17) is 4.74 Å². The van der Waals surface area contributed by atoms with Gasteiger partial charge in [-0.25, -0.2) is 0 Å². The lowest BCUT2D eigenvalue weighted by atomic mass is 10.3. The number of nitrogens with one attached hydrogen (secondary N) is 1. The molecule has 56 valence electrons. The average molecular weight is 205 g/mol. The van der Waals surface area contributed by atoms with Crippen LogP contribution in [0.1, 0.15) is 0 Å². The molecule has 1 rings (SSSR count). The Balaban J connectivity index is 2.66. The highest BCUT2D eigenvalue weighted by atomic mass is 79.9. The van der Waals surface area contributed by atoms with E-state index in [1.54, 1.807) is 13.4 Å². The standard InChI is InChI=1S/C6H9BrN2O/c1-10-6-5(2-7)3-8-4-9-6/h4H,2-3H2,1H3,(H,8,9). The van der Waals surface area contributed by atoms with E-state index in [0.717, 1.165) is 23.3 Å². The van der Waals surface area contributed by atoms with Crippen molar-refractivity contribution in [3.05, 3.63) is 11.5 Å². The number of methoxy groups -OCH3 is 1. The molecule has 0 saturated heterocycles. The minimum atomic E-state index is 0.724. The van der Waals surface area contributed by atoms with Gasteiger partial charge >= 0.3 is 0 Å². The monoisotopic (exact) mass is 204 g/mol. The lowest BCUT2D eigenvalue weighted by molar-refractivity contribution is 0.270. The Morgan fingerprint density at radius 3 is 3.20 bits per heavy atom. The Morgan fingerprint density at radius 2 is 2.70 bits per heavy atom. The molecule has 0 aromatic heterocycles. The van der Waals surface area contributed by atoms with E-state index in [2.05, 4.69) is 26.2 Å². The molecule has 4 heteroatoms. The maximum atomic E-state index is 5.04. The largest absolute Gasteiger partial charge is 0.482 e. The Kier molecular flexibility index (Phi) is 2.74. The molecule has 0 unspecified atom stereocenters. The topological polar surface area (TPSA) is 33.6 Å². The van der Waals surface area contributed by atoms with E-state index < -0.39 is 0 Å². The molecular formula is C6H9BrN2O. The van der Waals surface area contributed by atoms with Crippen LogP contribution in [-0.2, 0) is 4.74 Å². The first kappa shape index (κ1) is 7.60. The van der Waals surface area contributed by atoms with Crippen LogP contribution in [0.5, 0.6) is 0 Å². The summed E-state index contributed by atoms with van der Waals surface area (Å²) in [5.41, 5.74) is 1.14. The number of aliphatic imine (C=N–C) groups is 1. The van der Waals surface area contributed by atoms with E-state index >= 15 is 0 Å². The van der Waals surface area contributed by atoms with Crippen LogP contribution < -0.4 is 5.32 Å². The Morgan fingerprint density at radius 1 is 1.90 bits per heavy atom. The fourth-order valence-electron chi connectivity index (χ4n) is 0.740. The van der Waals surface area contributed by atoms with Gasteiger partial charge in [0.05, 0.1) is 20.0 Å². The predicted octanol–water partition coefficient (Wildman–Crippen LogP) is 0.871. The van der Waals surface area contributed by atoms with Crippen LogP contribution in [0.3, 0.4) is 0 Å². The zero-order valence-corrected chi connectivity index (χ0v) is 7.31. The van der Waals surface area contributed by atoms with Crippen LogP contribution in [0.4, 0.5) is 0 Å². The third-order valence-electron chi connectivity index (χ3n) is 1.26. The third-order valence-corrected chi connectivity index (χ3v) is 1.93. The van der Waals surface area contributed by atoms with Crippen LogP contribution in [0, 0.1) is 0 Å². The maximum Gasteiger partial charge on any atom is 0.193 e. The van der Waals surface area contributed by atoms with Crippen molar-refractivity contribution >= 4 is 22.3 Å². The highest BCUT2D eigenvalue weighted by Gasteiger charge is 2.06. The van der Waals surface area contributed by atoms with Gasteiger partial charge in [-0.2, -0.15) is 0 Å². The molecule has 0 radical (unpaired) electrons. The first-order chi connectivity index (χ1) is 4.88. The highest BCUT2D eigenvalue weighted by molar-refractivity contribution is 9.09. The van der Waals surface area contributed by atoms with Gasteiger partial charge < -0.3 is 10.1 Å². The molecule has 1 aliphatic heterocycles. The fourth-order valence-corrected chi connectivity index (χ4v) is 1.17. The van der Waals surface area contributed by atoms with Gasteiger partial charge in [0.2, 0.25) is 0 Å². The van der Waals surface area contributed by atoms with Crippen molar-refractivity contribution in [2.45, 2.75) is 0 Å². The Labute approximate surface area is 68.3 Å². The molecule has 0 bridgehead atoms. The smallest absolute Gasteiger partial charge is 0.193 e. The molecule has 0 aromatic rings. The van der Waals surface area contributed by atoms with E-state index in [0.29, 0.717) is 0 Å². The van der Waals surface area contributed by atoms with Gasteiger partial charge in [0, 0.05) is 10.9 Å². The second kappa shape index (κ2) is 3.61. The second-order valence-electron chi connectivity index (χ2n) is 1.88. The third kappa shape index (κ3) is 1.50. The summed E-state index contributed by atoms with van der Waals surface area (Å²) in [6.07, 6.45) is 1.64. The molecule has 1 N–H and O–H groups in total. The van der Waals surface area contributed by atoms with E-state index in [1.807, 2.05) is 0 Å². The zero-order chi connectivity index (χ0) is 7.40. The number of ether oxygens (including phenoxy) is 1. The molecule has 10 heavy (non-hydrogen) atoms. The molecule has 1 aliphatic rings. The van der Waals surface area contributed by atoms with Crippen molar-refractivity contribution in [2.75, 3.05) is 19.0 Å². The fraction of sp³-hybridized carbons (Fsp3) is 0.500. The summed E-state index contributed by atoms with van der Waals surface area (Å²) in [4.78, 5) is 4.02. The van der Waals surface area contributed by atoms with Crippen molar-refractivity contribution in [3.63, 3.8) is 0 Å². The number of rotatable bonds is 2. The summed E-state index contributed by atoms with van der Waals surface area (Å²) >= 11 is 3.34.